The Balaban J connectivity index is 1.86. The molecule has 0 aliphatic heterocycles. The molecule has 0 saturated carbocycles. The predicted molar refractivity (Wildman–Crippen MR) is 66.5 cm³/mol. The van der Waals surface area contributed by atoms with Crippen molar-refractivity contribution < 1.29 is 13.9 Å². The topological polar surface area (TPSA) is 81.0 Å². The number of aromatic nitrogens is 2. The maximum atomic E-state index is 13.3. The lowest BCUT2D eigenvalue weighted by atomic mass is 10.2. The Morgan fingerprint density at radius 1 is 1.47 bits per heavy atom. The van der Waals surface area contributed by atoms with E-state index in [0.29, 0.717) is 12.0 Å². The van der Waals surface area contributed by atoms with Gasteiger partial charge in [-0.25, -0.2) is 9.37 Å². The SMILES string of the molecule is NC(Cc1cnc[nH]1)C(=O)OCc1ccccc1F. The molecule has 1 aromatic heterocycles. The Morgan fingerprint density at radius 2 is 2.26 bits per heavy atom. The van der Waals surface area contributed by atoms with Gasteiger partial charge in [-0.2, -0.15) is 0 Å². The van der Waals surface area contributed by atoms with Crippen LogP contribution in [0.1, 0.15) is 11.3 Å². The molecule has 0 bridgehead atoms. The summed E-state index contributed by atoms with van der Waals surface area (Å²) >= 11 is 0. The zero-order valence-electron chi connectivity index (χ0n) is 10.2. The number of nitrogens with one attached hydrogen (secondary N) is 1. The summed E-state index contributed by atoms with van der Waals surface area (Å²) in [5.74, 6) is -0.977. The molecule has 19 heavy (non-hydrogen) atoms. The number of rotatable bonds is 5. The summed E-state index contributed by atoms with van der Waals surface area (Å²) in [5, 5.41) is 0. The fraction of sp³-hybridized carbons (Fsp3) is 0.231. The van der Waals surface area contributed by atoms with Crippen molar-refractivity contribution in [1.82, 2.24) is 9.97 Å². The van der Waals surface area contributed by atoms with E-state index in [-0.39, 0.29) is 6.61 Å². The number of halogens is 1. The third kappa shape index (κ3) is 3.62. The minimum atomic E-state index is -0.799. The number of benzene rings is 1. The second kappa shape index (κ2) is 6.10. The number of carbonyl (C=O) groups is 1. The highest BCUT2D eigenvalue weighted by molar-refractivity contribution is 5.75. The zero-order valence-corrected chi connectivity index (χ0v) is 10.2. The third-order valence-electron chi connectivity index (χ3n) is 2.63. The molecule has 1 unspecified atom stereocenters. The van der Waals surface area contributed by atoms with E-state index in [2.05, 4.69) is 9.97 Å². The lowest BCUT2D eigenvalue weighted by Crippen LogP contribution is -2.34. The molecule has 0 aliphatic rings. The Hall–Kier alpha value is -2.21. The summed E-state index contributed by atoms with van der Waals surface area (Å²) in [6, 6.07) is 5.32. The van der Waals surface area contributed by atoms with Crippen LogP contribution in [0.5, 0.6) is 0 Å². The molecule has 1 heterocycles. The molecule has 0 fully saturated rings. The average molecular weight is 263 g/mol. The molecule has 0 saturated heterocycles. The lowest BCUT2D eigenvalue weighted by Gasteiger charge is -2.11. The van der Waals surface area contributed by atoms with Crippen LogP contribution in [-0.2, 0) is 22.6 Å². The van der Waals surface area contributed by atoms with Crippen LogP contribution in [-0.4, -0.2) is 22.0 Å². The van der Waals surface area contributed by atoms with Crippen LogP contribution < -0.4 is 5.73 Å². The summed E-state index contributed by atoms with van der Waals surface area (Å²) in [6.45, 7) is -0.123. The molecule has 5 nitrogen and oxygen atoms in total. The van der Waals surface area contributed by atoms with E-state index in [1.807, 2.05) is 0 Å². The van der Waals surface area contributed by atoms with Crippen LogP contribution in [0.4, 0.5) is 4.39 Å². The summed E-state index contributed by atoms with van der Waals surface area (Å²) < 4.78 is 18.3. The van der Waals surface area contributed by atoms with Crippen molar-refractivity contribution in [2.75, 3.05) is 0 Å². The third-order valence-corrected chi connectivity index (χ3v) is 2.63. The molecule has 6 heteroatoms. The van der Waals surface area contributed by atoms with E-state index >= 15 is 0 Å². The first-order chi connectivity index (χ1) is 9.16. The van der Waals surface area contributed by atoms with Gasteiger partial charge >= 0.3 is 5.97 Å². The number of hydrogen-bond donors (Lipinski definition) is 2. The van der Waals surface area contributed by atoms with Gasteiger partial charge in [0.05, 0.1) is 6.33 Å². The van der Waals surface area contributed by atoms with E-state index < -0.39 is 17.8 Å². The highest BCUT2D eigenvalue weighted by Crippen LogP contribution is 2.08. The summed E-state index contributed by atoms with van der Waals surface area (Å²) in [4.78, 5) is 18.3. The molecule has 0 spiro atoms. The van der Waals surface area contributed by atoms with Crippen LogP contribution in [0.25, 0.3) is 0 Å². The van der Waals surface area contributed by atoms with Gasteiger partial charge in [-0.1, -0.05) is 18.2 Å². The van der Waals surface area contributed by atoms with Crippen molar-refractivity contribution in [2.24, 2.45) is 5.73 Å². The Labute approximate surface area is 109 Å². The van der Waals surface area contributed by atoms with Gasteiger partial charge in [0.2, 0.25) is 0 Å². The second-order valence-electron chi connectivity index (χ2n) is 4.09. The van der Waals surface area contributed by atoms with Crippen molar-refractivity contribution in [1.29, 1.82) is 0 Å². The van der Waals surface area contributed by atoms with Crippen LogP contribution in [0, 0.1) is 5.82 Å². The van der Waals surface area contributed by atoms with Gasteiger partial charge < -0.3 is 15.5 Å². The van der Waals surface area contributed by atoms with Gasteiger partial charge in [0.25, 0.3) is 0 Å². The number of carbonyl (C=O) groups excluding carboxylic acids is 1. The Kier molecular flexibility index (Phi) is 4.25. The number of aromatic amines is 1. The Morgan fingerprint density at radius 3 is 2.95 bits per heavy atom. The van der Waals surface area contributed by atoms with Crippen molar-refractivity contribution in [3.05, 3.63) is 53.9 Å². The summed E-state index contributed by atoms with van der Waals surface area (Å²) in [6.07, 6.45) is 3.40. The van der Waals surface area contributed by atoms with E-state index in [9.17, 15) is 9.18 Å². The molecule has 1 aromatic carbocycles. The van der Waals surface area contributed by atoms with Crippen LogP contribution in [0.3, 0.4) is 0 Å². The highest BCUT2D eigenvalue weighted by Gasteiger charge is 2.17. The van der Waals surface area contributed by atoms with Crippen molar-refractivity contribution in [2.45, 2.75) is 19.1 Å². The number of ether oxygens (including phenoxy) is 1. The largest absolute Gasteiger partial charge is 0.460 e. The van der Waals surface area contributed by atoms with E-state index in [1.165, 1.54) is 12.4 Å². The summed E-state index contributed by atoms with van der Waals surface area (Å²) in [7, 11) is 0. The van der Waals surface area contributed by atoms with Gasteiger partial charge in [0, 0.05) is 23.9 Å². The van der Waals surface area contributed by atoms with Crippen molar-refractivity contribution >= 4 is 5.97 Å². The first-order valence-electron chi connectivity index (χ1n) is 5.79. The van der Waals surface area contributed by atoms with Crippen molar-refractivity contribution in [3.63, 3.8) is 0 Å². The smallest absolute Gasteiger partial charge is 0.323 e. The number of H-pyrrole nitrogens is 1. The minimum absolute atomic E-state index is 0.123. The number of nitrogens with two attached hydrogens (primary N) is 1. The average Bonchev–Trinajstić information content (AvgIpc) is 2.90. The molecule has 2 rings (SSSR count). The normalized spacial score (nSPS) is 12.1. The standard InChI is InChI=1S/C13H14FN3O2/c14-11-4-2-1-3-9(11)7-19-13(18)12(15)5-10-6-16-8-17-10/h1-4,6,8,12H,5,7,15H2,(H,16,17). The molecular weight excluding hydrogens is 249 g/mol. The zero-order chi connectivity index (χ0) is 13.7. The van der Waals surface area contributed by atoms with Crippen LogP contribution >= 0.6 is 0 Å². The van der Waals surface area contributed by atoms with Gasteiger partial charge in [-0.15, -0.1) is 0 Å². The van der Waals surface area contributed by atoms with Gasteiger partial charge in [0.15, 0.2) is 0 Å². The fourth-order valence-electron chi connectivity index (χ4n) is 1.59. The molecule has 100 valence electrons. The maximum absolute atomic E-state index is 13.3. The van der Waals surface area contributed by atoms with E-state index in [0.717, 1.165) is 5.69 Å². The maximum Gasteiger partial charge on any atom is 0.323 e. The second-order valence-corrected chi connectivity index (χ2v) is 4.09. The molecule has 0 amide bonds. The highest BCUT2D eigenvalue weighted by atomic mass is 19.1. The predicted octanol–water partition coefficient (Wildman–Crippen LogP) is 1.16. The van der Waals surface area contributed by atoms with Crippen molar-refractivity contribution in [3.8, 4) is 0 Å². The first kappa shape index (κ1) is 13.2. The molecule has 2 aromatic rings. The molecule has 1 atom stereocenters. The Bertz CT molecular complexity index is 543. The molecule has 0 aliphatic carbocycles. The quantitative estimate of drug-likeness (QED) is 0.793. The molecular formula is C13H14FN3O2. The molecule has 0 radical (unpaired) electrons. The number of nitrogens with zero attached hydrogens (tertiary/aromatic N) is 1. The first-order valence-corrected chi connectivity index (χ1v) is 5.79. The van der Waals surface area contributed by atoms with E-state index in [1.54, 1.807) is 24.4 Å². The van der Waals surface area contributed by atoms with E-state index in [4.69, 9.17) is 10.5 Å². The van der Waals surface area contributed by atoms with Gasteiger partial charge in [-0.05, 0) is 6.07 Å². The van der Waals surface area contributed by atoms with Gasteiger partial charge in [0.1, 0.15) is 18.5 Å². The number of imidazole rings is 1. The summed E-state index contributed by atoms with van der Waals surface area (Å²) in [5.41, 5.74) is 6.76. The fourth-order valence-corrected chi connectivity index (χ4v) is 1.59. The number of hydrogen-bond acceptors (Lipinski definition) is 4. The van der Waals surface area contributed by atoms with Crippen LogP contribution in [0.2, 0.25) is 0 Å². The minimum Gasteiger partial charge on any atom is -0.460 e. The molecule has 3 N–H and O–H groups in total. The number of esters is 1. The monoisotopic (exact) mass is 263 g/mol. The van der Waals surface area contributed by atoms with Gasteiger partial charge in [-0.3, -0.25) is 4.79 Å². The van der Waals surface area contributed by atoms with Crippen LogP contribution in [0.15, 0.2) is 36.8 Å². The lowest BCUT2D eigenvalue weighted by molar-refractivity contribution is -0.146.